The fraction of sp³-hybridized carbons (Fsp3) is 0.545. The summed E-state index contributed by atoms with van der Waals surface area (Å²) in [5.41, 5.74) is 3.75. The van der Waals surface area contributed by atoms with Gasteiger partial charge in [0.1, 0.15) is 0 Å². The predicted molar refractivity (Wildman–Crippen MR) is 111 cm³/mol. The van der Waals surface area contributed by atoms with E-state index in [0.717, 1.165) is 45.4 Å². The molecule has 3 rings (SSSR count). The monoisotopic (exact) mass is 389 g/mol. The van der Waals surface area contributed by atoms with Crippen molar-refractivity contribution in [3.8, 4) is 11.1 Å². The standard InChI is InChI=1S/C22H31NO3S/c24-15-21-14-22(25)8-11-23(21)10-2-1-3-12-26-16-18-4-6-19(7-5-18)20-9-13-27-17-20/h4-7,9,13,17,21-22,24-25H,1-3,8,10-12,14-16H2. The fourth-order valence-electron chi connectivity index (χ4n) is 3.67. The molecule has 2 heterocycles. The molecule has 2 unspecified atom stereocenters. The molecule has 2 aromatic rings. The van der Waals surface area contributed by atoms with E-state index in [4.69, 9.17) is 4.74 Å². The van der Waals surface area contributed by atoms with Crippen molar-refractivity contribution in [1.29, 1.82) is 0 Å². The van der Waals surface area contributed by atoms with Gasteiger partial charge in [0.05, 0.1) is 19.3 Å². The molecule has 1 fully saturated rings. The largest absolute Gasteiger partial charge is 0.395 e. The number of rotatable bonds is 10. The van der Waals surface area contributed by atoms with Gasteiger partial charge in [-0.25, -0.2) is 0 Å². The Hall–Kier alpha value is -1.24. The Morgan fingerprint density at radius 2 is 1.93 bits per heavy atom. The molecule has 27 heavy (non-hydrogen) atoms. The first-order valence-corrected chi connectivity index (χ1v) is 10.9. The average Bonchev–Trinajstić information content (AvgIpc) is 3.23. The van der Waals surface area contributed by atoms with E-state index in [1.165, 1.54) is 16.7 Å². The number of ether oxygens (including phenoxy) is 1. The van der Waals surface area contributed by atoms with Crippen LogP contribution in [0.15, 0.2) is 41.1 Å². The van der Waals surface area contributed by atoms with Crippen LogP contribution in [-0.4, -0.2) is 53.6 Å². The third-order valence-electron chi connectivity index (χ3n) is 5.33. The number of thiophene rings is 1. The molecular formula is C22H31NO3S. The van der Waals surface area contributed by atoms with E-state index in [0.29, 0.717) is 13.0 Å². The lowest BCUT2D eigenvalue weighted by Crippen LogP contribution is -2.46. The first kappa shape index (κ1) is 20.5. The number of unbranched alkanes of at least 4 members (excludes halogenated alkanes) is 2. The van der Waals surface area contributed by atoms with Crippen LogP contribution < -0.4 is 0 Å². The summed E-state index contributed by atoms with van der Waals surface area (Å²) in [5, 5.41) is 23.4. The minimum atomic E-state index is -0.244. The molecule has 1 aromatic carbocycles. The highest BCUT2D eigenvalue weighted by atomic mass is 32.1. The van der Waals surface area contributed by atoms with Gasteiger partial charge in [-0.15, -0.1) is 0 Å². The molecule has 0 bridgehead atoms. The summed E-state index contributed by atoms with van der Waals surface area (Å²) < 4.78 is 5.81. The number of benzene rings is 1. The molecular weight excluding hydrogens is 358 g/mol. The van der Waals surface area contributed by atoms with Crippen molar-refractivity contribution in [3.63, 3.8) is 0 Å². The van der Waals surface area contributed by atoms with Crippen LogP contribution >= 0.6 is 11.3 Å². The van der Waals surface area contributed by atoms with Gasteiger partial charge in [-0.05, 0) is 72.2 Å². The number of aliphatic hydroxyl groups excluding tert-OH is 2. The zero-order valence-corrected chi connectivity index (χ0v) is 16.7. The van der Waals surface area contributed by atoms with Gasteiger partial charge in [0.2, 0.25) is 0 Å². The van der Waals surface area contributed by atoms with Gasteiger partial charge in [0.25, 0.3) is 0 Å². The van der Waals surface area contributed by atoms with Crippen LogP contribution in [0.1, 0.15) is 37.7 Å². The number of nitrogens with zero attached hydrogens (tertiary/aromatic N) is 1. The molecule has 0 amide bonds. The van der Waals surface area contributed by atoms with Crippen LogP contribution in [0.5, 0.6) is 0 Å². The maximum Gasteiger partial charge on any atom is 0.0716 e. The van der Waals surface area contributed by atoms with Crippen LogP contribution in [0.2, 0.25) is 0 Å². The van der Waals surface area contributed by atoms with Crippen molar-refractivity contribution >= 4 is 11.3 Å². The molecule has 1 aromatic heterocycles. The summed E-state index contributed by atoms with van der Waals surface area (Å²) in [6.45, 7) is 3.49. The van der Waals surface area contributed by atoms with Gasteiger partial charge in [-0.1, -0.05) is 24.3 Å². The lowest BCUT2D eigenvalue weighted by Gasteiger charge is -2.36. The molecule has 0 radical (unpaired) electrons. The van der Waals surface area contributed by atoms with Crippen LogP contribution in [0, 0.1) is 0 Å². The Morgan fingerprint density at radius 3 is 2.67 bits per heavy atom. The van der Waals surface area contributed by atoms with Crippen LogP contribution in [0.3, 0.4) is 0 Å². The molecule has 148 valence electrons. The number of piperidine rings is 1. The zero-order chi connectivity index (χ0) is 18.9. The topological polar surface area (TPSA) is 52.9 Å². The molecule has 2 N–H and O–H groups in total. The van der Waals surface area contributed by atoms with E-state index in [9.17, 15) is 10.2 Å². The quantitative estimate of drug-likeness (QED) is 0.605. The van der Waals surface area contributed by atoms with E-state index in [1.54, 1.807) is 11.3 Å². The number of aliphatic hydroxyl groups is 2. The molecule has 5 heteroatoms. The van der Waals surface area contributed by atoms with Gasteiger partial charge in [-0.2, -0.15) is 11.3 Å². The van der Waals surface area contributed by atoms with Crippen molar-refractivity contribution in [1.82, 2.24) is 4.90 Å². The Bertz CT molecular complexity index is 644. The predicted octanol–water partition coefficient (Wildman–Crippen LogP) is 3.92. The second-order valence-electron chi connectivity index (χ2n) is 7.37. The molecule has 2 atom stereocenters. The van der Waals surface area contributed by atoms with E-state index in [2.05, 4.69) is 46.0 Å². The lowest BCUT2D eigenvalue weighted by atomic mass is 9.99. The molecule has 1 aliphatic heterocycles. The highest BCUT2D eigenvalue weighted by molar-refractivity contribution is 7.08. The molecule has 4 nitrogen and oxygen atoms in total. The van der Waals surface area contributed by atoms with Gasteiger partial charge >= 0.3 is 0 Å². The Kier molecular flexibility index (Phi) is 8.30. The van der Waals surface area contributed by atoms with E-state index in [-0.39, 0.29) is 18.8 Å². The summed E-state index contributed by atoms with van der Waals surface area (Å²) >= 11 is 1.72. The molecule has 0 spiro atoms. The van der Waals surface area contributed by atoms with Gasteiger partial charge in [0.15, 0.2) is 0 Å². The van der Waals surface area contributed by atoms with Crippen molar-refractivity contribution in [2.24, 2.45) is 0 Å². The van der Waals surface area contributed by atoms with Crippen molar-refractivity contribution in [3.05, 3.63) is 46.7 Å². The van der Waals surface area contributed by atoms with E-state index >= 15 is 0 Å². The van der Waals surface area contributed by atoms with Crippen LogP contribution in [0.4, 0.5) is 0 Å². The maximum atomic E-state index is 9.70. The van der Waals surface area contributed by atoms with Gasteiger partial charge in [-0.3, -0.25) is 4.90 Å². The van der Waals surface area contributed by atoms with Gasteiger partial charge in [0, 0.05) is 19.2 Å². The minimum Gasteiger partial charge on any atom is -0.395 e. The number of likely N-dealkylation sites (tertiary alicyclic amines) is 1. The van der Waals surface area contributed by atoms with Crippen molar-refractivity contribution < 1.29 is 14.9 Å². The third kappa shape index (κ3) is 6.40. The fourth-order valence-corrected chi connectivity index (χ4v) is 4.34. The summed E-state index contributed by atoms with van der Waals surface area (Å²) in [4.78, 5) is 2.32. The van der Waals surface area contributed by atoms with Crippen molar-refractivity contribution in [2.45, 2.75) is 50.9 Å². The third-order valence-corrected chi connectivity index (χ3v) is 6.02. The Balaban J connectivity index is 1.26. The Morgan fingerprint density at radius 1 is 1.07 bits per heavy atom. The van der Waals surface area contributed by atoms with Gasteiger partial charge < -0.3 is 14.9 Å². The highest BCUT2D eigenvalue weighted by Gasteiger charge is 2.26. The summed E-state index contributed by atoms with van der Waals surface area (Å²) in [5.74, 6) is 0. The first-order chi connectivity index (χ1) is 13.3. The number of hydrogen-bond acceptors (Lipinski definition) is 5. The van der Waals surface area contributed by atoms with Crippen LogP contribution in [-0.2, 0) is 11.3 Å². The molecule has 1 aliphatic rings. The zero-order valence-electron chi connectivity index (χ0n) is 15.9. The Labute approximate surface area is 166 Å². The second-order valence-corrected chi connectivity index (χ2v) is 8.15. The van der Waals surface area contributed by atoms with E-state index in [1.807, 2.05) is 0 Å². The second kappa shape index (κ2) is 10.9. The number of hydrogen-bond donors (Lipinski definition) is 2. The minimum absolute atomic E-state index is 0.127. The smallest absolute Gasteiger partial charge is 0.0716 e. The summed E-state index contributed by atoms with van der Waals surface area (Å²) in [6, 6.07) is 10.9. The summed E-state index contributed by atoms with van der Waals surface area (Å²) in [6.07, 6.45) is 4.59. The van der Waals surface area contributed by atoms with Crippen LogP contribution in [0.25, 0.3) is 11.1 Å². The van der Waals surface area contributed by atoms with Crippen molar-refractivity contribution in [2.75, 3.05) is 26.3 Å². The summed E-state index contributed by atoms with van der Waals surface area (Å²) in [7, 11) is 0. The first-order valence-electron chi connectivity index (χ1n) is 9.98. The average molecular weight is 390 g/mol. The SMILES string of the molecule is OCC1CC(O)CCN1CCCCCOCc1ccc(-c2ccsc2)cc1. The lowest BCUT2D eigenvalue weighted by molar-refractivity contribution is 0.0160. The molecule has 1 saturated heterocycles. The normalized spacial score (nSPS) is 20.8. The molecule has 0 saturated carbocycles. The van der Waals surface area contributed by atoms with E-state index < -0.39 is 0 Å². The molecule has 0 aliphatic carbocycles. The maximum absolute atomic E-state index is 9.70. The highest BCUT2D eigenvalue weighted by Crippen LogP contribution is 2.22.